The Hall–Kier alpha value is -3.35. The summed E-state index contributed by atoms with van der Waals surface area (Å²) in [5.41, 5.74) is 3.37. The average molecular weight is 481 g/mol. The van der Waals surface area contributed by atoms with E-state index in [1.165, 1.54) is 0 Å². The maximum Gasteiger partial charge on any atom is 0.408 e. The van der Waals surface area contributed by atoms with Crippen molar-refractivity contribution in [3.05, 3.63) is 59.7 Å². The Morgan fingerprint density at radius 3 is 2.11 bits per heavy atom. The molecule has 0 radical (unpaired) electrons. The topological polar surface area (TPSA) is 105 Å². The lowest BCUT2D eigenvalue weighted by atomic mass is 9.91. The molecule has 0 aromatic heterocycles. The van der Waals surface area contributed by atoms with Gasteiger partial charge in [-0.15, -0.1) is 0 Å². The van der Waals surface area contributed by atoms with Crippen molar-refractivity contribution in [3.8, 4) is 11.1 Å². The Morgan fingerprint density at radius 1 is 1.03 bits per heavy atom. The molecular weight excluding hydrogens is 444 g/mol. The lowest BCUT2D eigenvalue weighted by Gasteiger charge is -2.30. The zero-order valence-electron chi connectivity index (χ0n) is 21.0. The van der Waals surface area contributed by atoms with Crippen LogP contribution in [0.25, 0.3) is 11.1 Å². The van der Waals surface area contributed by atoms with Gasteiger partial charge in [-0.3, -0.25) is 9.59 Å². The van der Waals surface area contributed by atoms with Crippen molar-refractivity contribution in [1.29, 1.82) is 0 Å². The van der Waals surface area contributed by atoms with Gasteiger partial charge in [-0.05, 0) is 47.4 Å². The molecule has 188 valence electrons. The quantitative estimate of drug-likeness (QED) is 0.422. The minimum absolute atomic E-state index is 0.0255. The highest BCUT2D eigenvalue weighted by molar-refractivity contribution is 5.89. The molecule has 2 aromatic rings. The second-order valence-corrected chi connectivity index (χ2v) is 9.84. The highest BCUT2D eigenvalue weighted by atomic mass is 16.5. The highest BCUT2D eigenvalue weighted by Gasteiger charge is 2.36. The van der Waals surface area contributed by atoms with E-state index in [1.807, 2.05) is 45.0 Å². The van der Waals surface area contributed by atoms with Crippen molar-refractivity contribution < 1.29 is 24.2 Å². The molecule has 35 heavy (non-hydrogen) atoms. The number of amides is 2. The summed E-state index contributed by atoms with van der Waals surface area (Å²) in [7, 11) is 0. The predicted octanol–water partition coefficient (Wildman–Crippen LogP) is 4.95. The zero-order chi connectivity index (χ0) is 25.6. The molecule has 3 N–H and O–H groups in total. The fraction of sp³-hybridized carbons (Fsp3) is 0.464. The maximum atomic E-state index is 13.1. The van der Waals surface area contributed by atoms with Crippen molar-refractivity contribution in [2.75, 3.05) is 13.2 Å². The Kier molecular flexibility index (Phi) is 8.54. The number of aliphatic carboxylic acids is 1. The number of hydrogen-bond acceptors (Lipinski definition) is 4. The van der Waals surface area contributed by atoms with E-state index in [1.54, 1.807) is 6.92 Å². The normalized spacial score (nSPS) is 15.0. The largest absolute Gasteiger partial charge is 0.481 e. The number of carboxylic acid groups (broad SMARTS) is 1. The Labute approximate surface area is 207 Å². The second kappa shape index (κ2) is 11.4. The van der Waals surface area contributed by atoms with Crippen LogP contribution < -0.4 is 10.6 Å². The van der Waals surface area contributed by atoms with Gasteiger partial charge in [0.05, 0.1) is 6.42 Å². The number of benzene rings is 2. The number of alkyl carbamates (subject to hydrolysis) is 1. The molecule has 1 aliphatic rings. The van der Waals surface area contributed by atoms with Gasteiger partial charge in [-0.2, -0.15) is 0 Å². The van der Waals surface area contributed by atoms with Crippen LogP contribution in [0.3, 0.4) is 0 Å². The summed E-state index contributed by atoms with van der Waals surface area (Å²) in [5, 5.41) is 14.8. The Morgan fingerprint density at radius 2 is 1.60 bits per heavy atom. The number of carbonyl (C=O) groups excluding carboxylic acids is 2. The van der Waals surface area contributed by atoms with Gasteiger partial charge in [0.25, 0.3) is 0 Å². The molecule has 0 saturated carbocycles. The summed E-state index contributed by atoms with van der Waals surface area (Å²) in [5.74, 6) is -1.41. The molecule has 0 heterocycles. The number of rotatable bonds is 11. The van der Waals surface area contributed by atoms with Crippen LogP contribution in [0, 0.1) is 11.8 Å². The van der Waals surface area contributed by atoms with E-state index in [4.69, 9.17) is 9.84 Å². The van der Waals surface area contributed by atoms with Crippen LogP contribution in [0.5, 0.6) is 0 Å². The summed E-state index contributed by atoms with van der Waals surface area (Å²) >= 11 is 0. The molecule has 0 fully saturated rings. The molecule has 0 saturated heterocycles. The van der Waals surface area contributed by atoms with Gasteiger partial charge in [-0.25, -0.2) is 4.79 Å². The number of carboxylic acids is 1. The first-order chi connectivity index (χ1) is 16.7. The number of ether oxygens (including phenoxy) is 1. The van der Waals surface area contributed by atoms with E-state index in [0.29, 0.717) is 12.8 Å². The van der Waals surface area contributed by atoms with Crippen LogP contribution in [0.1, 0.15) is 64.0 Å². The van der Waals surface area contributed by atoms with Crippen LogP contribution in [0.15, 0.2) is 48.5 Å². The summed E-state index contributed by atoms with van der Waals surface area (Å²) in [6.07, 6.45) is 0.427. The Balaban J connectivity index is 1.64. The van der Waals surface area contributed by atoms with Crippen molar-refractivity contribution in [3.63, 3.8) is 0 Å². The second-order valence-electron chi connectivity index (χ2n) is 9.84. The smallest absolute Gasteiger partial charge is 0.408 e. The molecule has 7 nitrogen and oxygen atoms in total. The van der Waals surface area contributed by atoms with E-state index in [0.717, 1.165) is 22.3 Å². The molecule has 0 aliphatic heterocycles. The van der Waals surface area contributed by atoms with E-state index in [2.05, 4.69) is 34.9 Å². The van der Waals surface area contributed by atoms with E-state index in [9.17, 15) is 14.4 Å². The van der Waals surface area contributed by atoms with Gasteiger partial charge < -0.3 is 20.5 Å². The third kappa shape index (κ3) is 6.21. The van der Waals surface area contributed by atoms with Crippen molar-refractivity contribution in [1.82, 2.24) is 10.6 Å². The van der Waals surface area contributed by atoms with Crippen molar-refractivity contribution >= 4 is 18.0 Å². The number of hydrogen-bond donors (Lipinski definition) is 3. The van der Waals surface area contributed by atoms with Gasteiger partial charge in [0, 0.05) is 12.5 Å². The summed E-state index contributed by atoms with van der Waals surface area (Å²) in [4.78, 5) is 37.0. The summed E-state index contributed by atoms with van der Waals surface area (Å²) < 4.78 is 5.64. The van der Waals surface area contributed by atoms with Gasteiger partial charge >= 0.3 is 12.1 Å². The van der Waals surface area contributed by atoms with Crippen molar-refractivity contribution in [2.45, 2.75) is 58.4 Å². The van der Waals surface area contributed by atoms with Gasteiger partial charge in [-0.1, -0.05) is 75.7 Å². The molecule has 7 heteroatoms. The van der Waals surface area contributed by atoms with Gasteiger partial charge in [0.15, 0.2) is 0 Å². The predicted molar refractivity (Wildman–Crippen MR) is 135 cm³/mol. The molecule has 0 spiro atoms. The SMILES string of the molecule is CCCC(C)(NC(=O)OCC1c2ccccc2-c2ccccc21)C(=O)NCC(CC(=O)O)C(C)C. The molecule has 2 unspecified atom stereocenters. The van der Waals surface area contributed by atoms with Gasteiger partial charge in [0.2, 0.25) is 5.91 Å². The fourth-order valence-electron chi connectivity index (χ4n) is 4.78. The summed E-state index contributed by atoms with van der Waals surface area (Å²) in [6, 6.07) is 16.2. The minimum Gasteiger partial charge on any atom is -0.481 e. The zero-order valence-corrected chi connectivity index (χ0v) is 21.0. The number of nitrogens with one attached hydrogen (secondary N) is 2. The van der Waals surface area contributed by atoms with Crippen LogP contribution in [-0.2, 0) is 14.3 Å². The first kappa shape index (κ1) is 26.3. The van der Waals surface area contributed by atoms with E-state index >= 15 is 0 Å². The molecule has 3 rings (SSSR count). The fourth-order valence-corrected chi connectivity index (χ4v) is 4.78. The van der Waals surface area contributed by atoms with Gasteiger partial charge in [0.1, 0.15) is 12.1 Å². The third-order valence-electron chi connectivity index (χ3n) is 6.88. The maximum absolute atomic E-state index is 13.1. The molecular formula is C28H36N2O5. The Bertz CT molecular complexity index is 1020. The van der Waals surface area contributed by atoms with Crippen LogP contribution in [0.4, 0.5) is 4.79 Å². The van der Waals surface area contributed by atoms with Crippen LogP contribution >= 0.6 is 0 Å². The standard InChI is InChI=1S/C28H36N2O5/c1-5-14-28(4,26(33)29-16-19(18(2)3)15-25(31)32)30-27(34)35-17-24-22-12-8-6-10-20(22)21-11-7-9-13-23(21)24/h6-13,18-19,24H,5,14-17H2,1-4H3,(H,29,33)(H,30,34)(H,31,32). The van der Waals surface area contributed by atoms with Crippen molar-refractivity contribution in [2.24, 2.45) is 11.8 Å². The number of carbonyl (C=O) groups is 3. The van der Waals surface area contributed by atoms with Crippen LogP contribution in [-0.4, -0.2) is 41.8 Å². The third-order valence-corrected chi connectivity index (χ3v) is 6.88. The monoisotopic (exact) mass is 480 g/mol. The lowest BCUT2D eigenvalue weighted by molar-refractivity contribution is -0.139. The highest BCUT2D eigenvalue weighted by Crippen LogP contribution is 2.44. The molecule has 2 atom stereocenters. The molecule has 0 bridgehead atoms. The average Bonchev–Trinajstić information content (AvgIpc) is 3.13. The van der Waals surface area contributed by atoms with E-state index < -0.39 is 17.6 Å². The van der Waals surface area contributed by atoms with Crippen LogP contribution in [0.2, 0.25) is 0 Å². The molecule has 2 aromatic carbocycles. The first-order valence-corrected chi connectivity index (χ1v) is 12.3. The lowest BCUT2D eigenvalue weighted by Crippen LogP contribution is -2.57. The van der Waals surface area contributed by atoms with E-state index in [-0.39, 0.29) is 43.2 Å². The molecule has 2 amide bonds. The first-order valence-electron chi connectivity index (χ1n) is 12.3. The minimum atomic E-state index is -1.16. The molecule has 1 aliphatic carbocycles. The summed E-state index contributed by atoms with van der Waals surface area (Å²) in [6.45, 7) is 7.87. The number of fused-ring (bicyclic) bond motifs is 3.